The lowest BCUT2D eigenvalue weighted by molar-refractivity contribution is -0.909. The third kappa shape index (κ3) is 79.0. The predicted octanol–water partition coefficient (Wildman–Crippen LogP) is 8.17. The number of rotatable bonds is 93. The number of ether oxygens (including phenoxy) is 3. The second kappa shape index (κ2) is 85.4. The molecule has 0 aromatic carbocycles. The molecule has 0 saturated heterocycles. The normalized spacial score (nSPS) is 13.0. The van der Waals surface area contributed by atoms with Crippen molar-refractivity contribution in [3.8, 4) is 0 Å². The molecule has 0 radical (unpaired) electrons. The van der Waals surface area contributed by atoms with Crippen molar-refractivity contribution in [2.45, 2.75) is 232 Å². The number of hydrogen-bond acceptors (Lipinski definition) is 57. The van der Waals surface area contributed by atoms with Crippen molar-refractivity contribution >= 4 is 43.6 Å². The Bertz CT molecular complexity index is 2300. The zero-order valence-electron chi connectivity index (χ0n) is 61.3. The van der Waals surface area contributed by atoms with E-state index in [4.69, 9.17) is 23.3 Å². The van der Waals surface area contributed by atoms with Crippen LogP contribution in [0.15, 0.2) is 24.6 Å². The summed E-state index contributed by atoms with van der Waals surface area (Å²) in [5, 5.41) is 156. The molecule has 0 bridgehead atoms. The maximum absolute atomic E-state index is 12.8. The van der Waals surface area contributed by atoms with Crippen molar-refractivity contribution in [2.75, 3.05) is 46.1 Å². The third-order valence-corrected chi connectivity index (χ3v) is 14.2. The highest BCUT2D eigenvalue weighted by atomic mass is 31.2. The summed E-state index contributed by atoms with van der Waals surface area (Å²) >= 11 is 0. The second-order valence-corrected chi connectivity index (χ2v) is 22.8. The minimum Gasteiger partial charge on any atom is -0.756 e. The summed E-state index contributed by atoms with van der Waals surface area (Å²) in [6.45, 7) is 1.31. The number of nitrogens with one attached hydrogen (secondary N) is 2. The predicted molar refractivity (Wildman–Crippen MR) is 319 cm³/mol. The Kier molecular flexibility index (Phi) is 79.8. The summed E-state index contributed by atoms with van der Waals surface area (Å²) in [5.74, 6) is -2.78. The van der Waals surface area contributed by atoms with E-state index in [-0.39, 0.29) is 32.4 Å². The monoisotopic (exact) mass is 1710 g/mol. The molecular weight excluding hydrogens is 1620 g/mol. The van der Waals surface area contributed by atoms with E-state index in [1.54, 1.807) is 0 Å². The van der Waals surface area contributed by atoms with Gasteiger partial charge in [-0.15, -0.1) is 0 Å². The number of imide groups is 1. The van der Waals surface area contributed by atoms with Gasteiger partial charge in [0.15, 0.2) is 6.10 Å². The molecule has 60 nitrogen and oxygen atoms in total. The molecular formula is C53H93N3O57P-. The quantitative estimate of drug-likeness (QED) is 0.00846. The summed E-state index contributed by atoms with van der Waals surface area (Å²) in [4.78, 5) is 94.0. The fourth-order valence-electron chi connectivity index (χ4n) is 8.28. The van der Waals surface area contributed by atoms with Crippen molar-refractivity contribution in [3.63, 3.8) is 0 Å². The van der Waals surface area contributed by atoms with Crippen LogP contribution >= 0.6 is 7.82 Å². The van der Waals surface area contributed by atoms with Gasteiger partial charge in [-0.05, 0) is 53.1 Å². The second-order valence-electron chi connectivity index (χ2n) is 21.4. The summed E-state index contributed by atoms with van der Waals surface area (Å²) in [6, 6.07) is 0. The van der Waals surface area contributed by atoms with Gasteiger partial charge in [0.1, 0.15) is 26.1 Å². The highest BCUT2D eigenvalue weighted by Gasteiger charge is 2.24. The van der Waals surface area contributed by atoms with E-state index in [1.807, 2.05) is 0 Å². The first kappa shape index (κ1) is 106. The number of unbranched alkanes of at least 4 members (excludes halogenated alkanes) is 28. The molecule has 114 heavy (non-hydrogen) atoms. The highest BCUT2D eigenvalue weighted by Crippen LogP contribution is 2.38. The fourth-order valence-corrected chi connectivity index (χ4v) is 9.02. The average Bonchev–Trinajstić information content (AvgIpc) is 1.73. The van der Waals surface area contributed by atoms with Gasteiger partial charge >= 0.3 is 18.0 Å². The van der Waals surface area contributed by atoms with E-state index < -0.39 is 82.7 Å². The van der Waals surface area contributed by atoms with Gasteiger partial charge in [0.2, 0.25) is 5.91 Å². The van der Waals surface area contributed by atoms with E-state index in [2.05, 4.69) is 246 Å². The van der Waals surface area contributed by atoms with Crippen LogP contribution in [0.4, 0.5) is 4.79 Å². The molecule has 1 heterocycles. The SMILES string of the molecule is CCCCCCCCCCCCCCCCCC(=O)OC[C@H](COP(=O)([O-])OCCNC(=O)OCCOOOOOOOOOOOOOOOOOOOOOOOOOOOOOOOOOOOOOOOOOOOO/C=C\NC(=O)CCN1C(=O)C=CC1=O)OC(=O)CCCCCCCCCCCCCCCCC. The summed E-state index contributed by atoms with van der Waals surface area (Å²) in [5.41, 5.74) is 0. The zero-order chi connectivity index (χ0) is 82.3. The van der Waals surface area contributed by atoms with E-state index >= 15 is 0 Å². The van der Waals surface area contributed by atoms with Gasteiger partial charge in [0.25, 0.3) is 19.6 Å². The fraction of sp³-hybridized carbons (Fsp3) is 0.811. The smallest absolute Gasteiger partial charge is 0.407 e. The van der Waals surface area contributed by atoms with E-state index in [0.717, 1.165) is 80.9 Å². The van der Waals surface area contributed by atoms with Crippen LogP contribution in [0.3, 0.4) is 0 Å². The maximum Gasteiger partial charge on any atom is 0.407 e. The lowest BCUT2D eigenvalue weighted by atomic mass is 10.0. The van der Waals surface area contributed by atoms with E-state index in [9.17, 15) is 38.2 Å². The lowest BCUT2D eigenvalue weighted by Crippen LogP contribution is -2.33. The van der Waals surface area contributed by atoms with Gasteiger partial charge in [-0.2, -0.15) is 0 Å². The molecule has 1 unspecified atom stereocenters. The van der Waals surface area contributed by atoms with Crippen LogP contribution in [-0.2, 0) is 273 Å². The Labute approximate surface area is 643 Å². The average molecular weight is 1720 g/mol. The summed E-state index contributed by atoms with van der Waals surface area (Å²) < 4.78 is 38.1. The number of carbonyl (C=O) groups excluding carboxylic acids is 6. The Morgan fingerprint density at radius 3 is 1.04 bits per heavy atom. The molecule has 61 heteroatoms. The Morgan fingerprint density at radius 1 is 0.377 bits per heavy atom. The molecule has 0 aromatic heterocycles. The molecule has 0 fully saturated rings. The minimum atomic E-state index is -5.02. The minimum absolute atomic E-state index is 0.0895. The lowest BCUT2D eigenvalue weighted by Gasteiger charge is -2.25. The maximum atomic E-state index is 12.8. The van der Waals surface area contributed by atoms with E-state index in [1.165, 1.54) is 128 Å². The number of phosphoric ester groups is 1. The van der Waals surface area contributed by atoms with Crippen LogP contribution in [0.1, 0.15) is 226 Å². The highest BCUT2D eigenvalue weighted by molar-refractivity contribution is 7.45. The van der Waals surface area contributed by atoms with Crippen LogP contribution in [-0.4, -0.2) is 92.9 Å². The Morgan fingerprint density at radius 2 is 0.693 bits per heavy atom. The molecule has 1 aliphatic heterocycles. The van der Waals surface area contributed by atoms with Crippen molar-refractivity contribution < 1.29 is 283 Å². The van der Waals surface area contributed by atoms with Gasteiger partial charge in [0.05, 0.1) is 13.2 Å². The molecule has 0 aromatic rings. The zero-order valence-corrected chi connectivity index (χ0v) is 62.2. The van der Waals surface area contributed by atoms with Gasteiger partial charge in [0, 0.05) is 222 Å². The Balaban J connectivity index is 1.93. The number of nitrogens with zero attached hydrogens (tertiary/aromatic N) is 1. The number of amides is 4. The van der Waals surface area contributed by atoms with Crippen LogP contribution in [0.5, 0.6) is 0 Å². The number of hydrogen-bond donors (Lipinski definition) is 2. The topological polar surface area (TPSA) is 622 Å². The molecule has 2 N–H and O–H groups in total. The molecule has 1 rings (SSSR count). The number of esters is 2. The molecule has 4 amide bonds. The molecule has 0 aliphatic carbocycles. The van der Waals surface area contributed by atoms with E-state index in [0.29, 0.717) is 12.8 Å². The van der Waals surface area contributed by atoms with Crippen LogP contribution in [0.25, 0.3) is 0 Å². The standard InChI is InChI=1S/C53H94N3O57P/c1-3-5-7-9-11-13-15-17-19-21-23-25-27-29-31-33-51(60)66-45-47(71-52(61)34-32-30-28-26-24-22-20-18-16-14-12-10-8-6-4-2)46-70-114(63,64)69-42-39-55-53(62)65-43-44-68-73-75-77-79-81-83-85-87-89-91-93-95-97-99-101-103-105-107-109-111-113-112-110-108-106-104-102-100-98-96-94-92-90-88-86-84-82-80-78-76-74-72-67-41-38-54-48(57)37-40-56-49(58)35-36-50(56)59/h35-36,38,41,47H,3-34,37,39-40,42-46H2,1-2H3,(H,54,57)(H,55,62)(H,63,64)/p-1/b41-38-/t47-/m1/s1. The molecule has 2 atom stereocenters. The Hall–Kier alpha value is -5.51. The van der Waals surface area contributed by atoms with Crippen molar-refractivity contribution in [1.29, 1.82) is 0 Å². The number of alkyl carbamates (subject to hydrolysis) is 1. The summed E-state index contributed by atoms with van der Waals surface area (Å²) in [6.07, 6.45) is 36.6. The van der Waals surface area contributed by atoms with Gasteiger partial charge in [-0.3, -0.25) is 33.4 Å². The van der Waals surface area contributed by atoms with Gasteiger partial charge in [-0.25, -0.2) is 9.68 Å². The van der Waals surface area contributed by atoms with Gasteiger partial charge < -0.3 is 43.7 Å². The molecule has 0 spiro atoms. The molecule has 668 valence electrons. The molecule has 1 aliphatic rings. The van der Waals surface area contributed by atoms with Crippen molar-refractivity contribution in [3.05, 3.63) is 24.6 Å². The third-order valence-electron chi connectivity index (χ3n) is 13.2. The summed E-state index contributed by atoms with van der Waals surface area (Å²) in [7, 11) is -5.02. The van der Waals surface area contributed by atoms with Crippen molar-refractivity contribution in [1.82, 2.24) is 15.5 Å². The van der Waals surface area contributed by atoms with Gasteiger partial charge in [-0.1, -0.05) is 194 Å². The molecule has 0 saturated carbocycles. The first-order chi connectivity index (χ1) is 56.0. The largest absolute Gasteiger partial charge is 0.756 e. The van der Waals surface area contributed by atoms with Crippen LogP contribution < -0.4 is 15.5 Å². The number of phosphoric acid groups is 1. The van der Waals surface area contributed by atoms with Crippen LogP contribution in [0, 0.1) is 0 Å². The van der Waals surface area contributed by atoms with Crippen LogP contribution in [0.2, 0.25) is 0 Å². The first-order valence-corrected chi connectivity index (χ1v) is 36.1. The number of carbonyl (C=O) groups is 6. The first-order valence-electron chi connectivity index (χ1n) is 34.6. The van der Waals surface area contributed by atoms with Crippen molar-refractivity contribution in [2.24, 2.45) is 0 Å².